The van der Waals surface area contributed by atoms with Crippen molar-refractivity contribution < 1.29 is 4.79 Å². The van der Waals surface area contributed by atoms with Crippen LogP contribution >= 0.6 is 0 Å². The van der Waals surface area contributed by atoms with Gasteiger partial charge in [0.25, 0.3) is 0 Å². The van der Waals surface area contributed by atoms with E-state index in [1.54, 1.807) is 6.20 Å². The largest absolute Gasteiger partial charge is 0.351 e. The first-order valence-electron chi connectivity index (χ1n) is 7.92. The molecule has 1 aliphatic heterocycles. The molecule has 1 fully saturated rings. The minimum absolute atomic E-state index is 0.0527. The van der Waals surface area contributed by atoms with Gasteiger partial charge in [-0.2, -0.15) is 5.10 Å². The van der Waals surface area contributed by atoms with Gasteiger partial charge in [-0.3, -0.25) is 14.8 Å². The molecule has 0 aliphatic carbocycles. The average Bonchev–Trinajstić information content (AvgIpc) is 3.16. The molecule has 2 N–H and O–H groups in total. The summed E-state index contributed by atoms with van der Waals surface area (Å²) in [6.07, 6.45) is 5.86. The van der Waals surface area contributed by atoms with Crippen LogP contribution in [0.25, 0.3) is 0 Å². The van der Waals surface area contributed by atoms with E-state index in [4.69, 9.17) is 0 Å². The van der Waals surface area contributed by atoms with Crippen molar-refractivity contribution in [2.24, 2.45) is 0 Å². The van der Waals surface area contributed by atoms with Gasteiger partial charge in [-0.25, -0.2) is 9.97 Å². The zero-order valence-electron chi connectivity index (χ0n) is 13.5. The van der Waals surface area contributed by atoms with E-state index in [9.17, 15) is 4.79 Å². The second-order valence-electron chi connectivity index (χ2n) is 5.96. The lowest BCUT2D eigenvalue weighted by atomic mass is 10.2. The van der Waals surface area contributed by atoms with Gasteiger partial charge in [-0.15, -0.1) is 0 Å². The number of aromatic amines is 1. The van der Waals surface area contributed by atoms with Crippen LogP contribution < -0.4 is 5.32 Å². The van der Waals surface area contributed by atoms with Crippen LogP contribution in [0.1, 0.15) is 48.6 Å². The Balaban J connectivity index is 1.73. The Kier molecular flexibility index (Phi) is 4.66. The summed E-state index contributed by atoms with van der Waals surface area (Å²) in [6.45, 7) is 5.88. The van der Waals surface area contributed by atoms with Crippen LogP contribution in [0.4, 0.5) is 0 Å². The Hall–Kier alpha value is -2.28. The number of hydrogen-bond acceptors (Lipinski definition) is 5. The van der Waals surface area contributed by atoms with E-state index in [0.717, 1.165) is 43.1 Å². The molecule has 23 heavy (non-hydrogen) atoms. The Morgan fingerprint density at radius 3 is 3.13 bits per heavy atom. The number of amides is 1. The van der Waals surface area contributed by atoms with Crippen LogP contribution in [0, 0.1) is 6.92 Å². The van der Waals surface area contributed by atoms with Gasteiger partial charge in [0.05, 0.1) is 24.5 Å². The summed E-state index contributed by atoms with van der Waals surface area (Å²) in [5.74, 6) is 0.787. The number of likely N-dealkylation sites (tertiary alicyclic amines) is 1. The van der Waals surface area contributed by atoms with Crippen LogP contribution in [0.15, 0.2) is 18.5 Å². The molecule has 7 heteroatoms. The molecule has 1 saturated heterocycles. The highest BCUT2D eigenvalue weighted by Gasteiger charge is 2.28. The van der Waals surface area contributed by atoms with Crippen LogP contribution in [0.5, 0.6) is 0 Å². The van der Waals surface area contributed by atoms with Crippen molar-refractivity contribution in [3.63, 3.8) is 0 Å². The molecule has 1 amide bonds. The van der Waals surface area contributed by atoms with Crippen molar-refractivity contribution in [1.29, 1.82) is 0 Å². The second kappa shape index (κ2) is 6.87. The average molecular weight is 314 g/mol. The smallest absolute Gasteiger partial charge is 0.217 e. The van der Waals surface area contributed by atoms with Gasteiger partial charge in [-0.05, 0) is 32.4 Å². The third-order valence-corrected chi connectivity index (χ3v) is 4.22. The lowest BCUT2D eigenvalue weighted by Crippen LogP contribution is -2.25. The molecular weight excluding hydrogens is 292 g/mol. The van der Waals surface area contributed by atoms with Gasteiger partial charge in [0, 0.05) is 30.9 Å². The summed E-state index contributed by atoms with van der Waals surface area (Å²) in [4.78, 5) is 22.5. The Bertz CT molecular complexity index is 683. The maximum absolute atomic E-state index is 11.0. The van der Waals surface area contributed by atoms with Gasteiger partial charge in [-0.1, -0.05) is 0 Å². The molecule has 0 bridgehead atoms. The maximum atomic E-state index is 11.0. The molecule has 1 aliphatic rings. The number of hydrogen-bond donors (Lipinski definition) is 2. The van der Waals surface area contributed by atoms with Gasteiger partial charge < -0.3 is 5.32 Å². The molecule has 0 aromatic carbocycles. The van der Waals surface area contributed by atoms with Crippen molar-refractivity contribution in [1.82, 2.24) is 30.4 Å². The molecule has 3 heterocycles. The quantitative estimate of drug-likeness (QED) is 0.873. The van der Waals surface area contributed by atoms with Crippen molar-refractivity contribution in [2.45, 2.75) is 45.8 Å². The maximum Gasteiger partial charge on any atom is 0.217 e. The molecule has 122 valence electrons. The summed E-state index contributed by atoms with van der Waals surface area (Å²) in [6, 6.07) is 2.07. The number of rotatable bonds is 5. The van der Waals surface area contributed by atoms with E-state index < -0.39 is 0 Å². The summed E-state index contributed by atoms with van der Waals surface area (Å²) in [5.41, 5.74) is 3.17. The van der Waals surface area contributed by atoms with Crippen LogP contribution in [0.2, 0.25) is 0 Å². The van der Waals surface area contributed by atoms with Gasteiger partial charge in [0.15, 0.2) is 0 Å². The van der Waals surface area contributed by atoms with Crippen LogP contribution in [-0.4, -0.2) is 37.5 Å². The SMILES string of the molecule is CC(=O)NCc1ccnc([C@H]2CCCN2Cc2cn[nH]c2C)n1. The van der Waals surface area contributed by atoms with Crippen LogP contribution in [-0.2, 0) is 17.9 Å². The minimum Gasteiger partial charge on any atom is -0.351 e. The van der Waals surface area contributed by atoms with Gasteiger partial charge in [0.1, 0.15) is 5.82 Å². The monoisotopic (exact) mass is 314 g/mol. The number of aryl methyl sites for hydroxylation is 1. The van der Waals surface area contributed by atoms with Crippen LogP contribution in [0.3, 0.4) is 0 Å². The Labute approximate surface area is 135 Å². The first-order valence-corrected chi connectivity index (χ1v) is 7.92. The predicted molar refractivity (Wildman–Crippen MR) is 85.3 cm³/mol. The van der Waals surface area contributed by atoms with Gasteiger partial charge >= 0.3 is 0 Å². The summed E-state index contributed by atoms with van der Waals surface area (Å²) in [7, 11) is 0. The summed E-state index contributed by atoms with van der Waals surface area (Å²) < 4.78 is 0. The lowest BCUT2D eigenvalue weighted by molar-refractivity contribution is -0.119. The Morgan fingerprint density at radius 1 is 1.52 bits per heavy atom. The molecule has 1 atom stereocenters. The second-order valence-corrected chi connectivity index (χ2v) is 5.96. The Morgan fingerprint density at radius 2 is 2.39 bits per heavy atom. The van der Waals surface area contributed by atoms with Gasteiger partial charge in [0.2, 0.25) is 5.91 Å². The highest BCUT2D eigenvalue weighted by Crippen LogP contribution is 2.31. The standard InChI is InChI=1S/C16H22N6O/c1-11-13(8-19-21-11)10-22-7-3-4-15(22)16-17-6-5-14(20-16)9-18-12(2)23/h5-6,8,15H,3-4,7,9-10H2,1-2H3,(H,18,23)(H,19,21)/t15-/m1/s1. The van der Waals surface area contributed by atoms with E-state index in [-0.39, 0.29) is 11.9 Å². The fraction of sp³-hybridized carbons (Fsp3) is 0.500. The fourth-order valence-electron chi connectivity index (χ4n) is 2.95. The summed E-state index contributed by atoms with van der Waals surface area (Å²) >= 11 is 0. The normalized spacial score (nSPS) is 18.3. The molecule has 0 unspecified atom stereocenters. The highest BCUT2D eigenvalue weighted by atomic mass is 16.1. The number of nitrogens with one attached hydrogen (secondary N) is 2. The molecule has 2 aromatic rings. The zero-order chi connectivity index (χ0) is 16.2. The van der Waals surface area contributed by atoms with E-state index >= 15 is 0 Å². The molecular formula is C16H22N6O. The summed E-state index contributed by atoms with van der Waals surface area (Å²) in [5, 5.41) is 9.86. The number of aromatic nitrogens is 4. The van der Waals surface area contributed by atoms with Crippen molar-refractivity contribution >= 4 is 5.91 Å². The van der Waals surface area contributed by atoms with Crippen molar-refractivity contribution in [3.8, 4) is 0 Å². The number of H-pyrrole nitrogens is 1. The molecule has 7 nitrogen and oxygen atoms in total. The number of carbonyl (C=O) groups excluding carboxylic acids is 1. The third-order valence-electron chi connectivity index (χ3n) is 4.22. The predicted octanol–water partition coefficient (Wildman–Crippen LogP) is 1.48. The zero-order valence-corrected chi connectivity index (χ0v) is 13.5. The molecule has 3 rings (SSSR count). The number of nitrogens with zero attached hydrogens (tertiary/aromatic N) is 4. The third kappa shape index (κ3) is 3.73. The van der Waals surface area contributed by atoms with E-state index in [2.05, 4.69) is 30.4 Å². The molecule has 0 radical (unpaired) electrons. The lowest BCUT2D eigenvalue weighted by Gasteiger charge is -2.23. The van der Waals surface area contributed by atoms with E-state index in [0.29, 0.717) is 6.54 Å². The van der Waals surface area contributed by atoms with E-state index in [1.165, 1.54) is 12.5 Å². The van der Waals surface area contributed by atoms with E-state index in [1.807, 2.05) is 19.2 Å². The number of carbonyl (C=O) groups is 1. The topological polar surface area (TPSA) is 86.8 Å². The molecule has 0 spiro atoms. The van der Waals surface area contributed by atoms with Crippen molar-refractivity contribution in [3.05, 3.63) is 41.2 Å². The highest BCUT2D eigenvalue weighted by molar-refractivity contribution is 5.72. The molecule has 0 saturated carbocycles. The fourth-order valence-corrected chi connectivity index (χ4v) is 2.95. The minimum atomic E-state index is -0.0527. The molecule has 2 aromatic heterocycles. The van der Waals surface area contributed by atoms with Crippen molar-refractivity contribution in [2.75, 3.05) is 6.54 Å². The first-order chi connectivity index (χ1) is 11.1. The first kappa shape index (κ1) is 15.6.